The molecule has 0 spiro atoms. The quantitative estimate of drug-likeness (QED) is 0.613. The van der Waals surface area contributed by atoms with Crippen molar-refractivity contribution in [2.24, 2.45) is 0 Å². The lowest BCUT2D eigenvalue weighted by molar-refractivity contribution is -0.428. The third-order valence-electron chi connectivity index (χ3n) is 3.08. The van der Waals surface area contributed by atoms with Crippen molar-refractivity contribution in [1.29, 1.82) is 0 Å². The van der Waals surface area contributed by atoms with E-state index in [-0.39, 0.29) is 5.82 Å². The van der Waals surface area contributed by atoms with Crippen LogP contribution in [0.1, 0.15) is 5.56 Å². The van der Waals surface area contributed by atoms with Crippen LogP contribution in [0.3, 0.4) is 0 Å². The zero-order chi connectivity index (χ0) is 14.5. The average molecular weight is 272 g/mol. The molecule has 0 aromatic heterocycles. The molecule has 0 fully saturated rings. The van der Waals surface area contributed by atoms with Crippen LogP contribution in [0.15, 0.2) is 42.5 Å². The van der Waals surface area contributed by atoms with E-state index in [1.54, 1.807) is 26.0 Å². The van der Waals surface area contributed by atoms with E-state index < -0.39 is 0 Å². The number of hydrogen-bond acceptors (Lipinski definition) is 2. The van der Waals surface area contributed by atoms with E-state index in [2.05, 4.69) is 0 Å². The van der Waals surface area contributed by atoms with Crippen LogP contribution in [0.4, 0.5) is 10.1 Å². The van der Waals surface area contributed by atoms with Crippen molar-refractivity contribution in [1.82, 2.24) is 0 Å². The zero-order valence-corrected chi connectivity index (χ0v) is 11.6. The van der Waals surface area contributed by atoms with Gasteiger partial charge < -0.3 is 4.74 Å². The van der Waals surface area contributed by atoms with Crippen molar-refractivity contribution in [3.8, 4) is 5.75 Å². The highest BCUT2D eigenvalue weighted by Gasteiger charge is 2.07. The van der Waals surface area contributed by atoms with E-state index >= 15 is 0 Å². The van der Waals surface area contributed by atoms with Crippen LogP contribution >= 0.6 is 0 Å². The maximum absolute atomic E-state index is 13.4. The number of ether oxygens (including phenoxy) is 1. The molecule has 5 heteroatoms. The molecular weight excluding hydrogens is 256 g/mol. The van der Waals surface area contributed by atoms with E-state index in [4.69, 9.17) is 4.74 Å². The Labute approximate surface area is 118 Å². The van der Waals surface area contributed by atoms with Gasteiger partial charge in [-0.2, -0.15) is 0 Å². The Bertz CT molecular complexity index is 631. The van der Waals surface area contributed by atoms with Gasteiger partial charge in [0.25, 0.3) is 5.69 Å². The molecule has 0 aliphatic rings. The number of benzene rings is 2. The van der Waals surface area contributed by atoms with Crippen molar-refractivity contribution >= 4 is 19.0 Å². The first-order valence-electron chi connectivity index (χ1n) is 6.45. The van der Waals surface area contributed by atoms with Crippen molar-refractivity contribution in [2.45, 2.75) is 6.42 Å². The zero-order valence-electron chi connectivity index (χ0n) is 11.6. The fourth-order valence-electron chi connectivity index (χ4n) is 1.86. The minimum atomic E-state index is -0.266. The fourth-order valence-corrected chi connectivity index (χ4v) is 1.86. The van der Waals surface area contributed by atoms with Crippen LogP contribution < -0.4 is 10.2 Å². The average Bonchev–Trinajstić information content (AvgIpc) is 2.43. The Morgan fingerprint density at radius 3 is 2.75 bits per heavy atom. The lowest BCUT2D eigenvalue weighted by Crippen LogP contribution is -2.09. The molecule has 0 saturated carbocycles. The molecule has 102 valence electrons. The maximum atomic E-state index is 13.4. The van der Waals surface area contributed by atoms with Crippen molar-refractivity contribution in [3.63, 3.8) is 0 Å². The van der Waals surface area contributed by atoms with Crippen LogP contribution in [0.5, 0.6) is 5.75 Å². The minimum absolute atomic E-state index is 0.266. The van der Waals surface area contributed by atoms with E-state index in [1.807, 2.05) is 18.2 Å². The molecular formula is C15H16BFNO2+. The SMILES string of the molecule is Bc1ccc(OCCc2cccc([N+](C)=O)c2)cc1F. The van der Waals surface area contributed by atoms with Gasteiger partial charge >= 0.3 is 0 Å². The Morgan fingerprint density at radius 2 is 2.05 bits per heavy atom. The normalized spacial score (nSPS) is 10.3. The summed E-state index contributed by atoms with van der Waals surface area (Å²) in [4.78, 5) is 11.2. The lowest BCUT2D eigenvalue weighted by atomic mass is 9.96. The van der Waals surface area contributed by atoms with Gasteiger partial charge in [0, 0.05) is 34.3 Å². The Balaban J connectivity index is 1.94. The summed E-state index contributed by atoms with van der Waals surface area (Å²) in [5.74, 6) is 0.252. The number of halogens is 1. The number of nitroso groups, excluding NO2 is 1. The van der Waals surface area contributed by atoms with E-state index in [0.29, 0.717) is 29.9 Å². The highest BCUT2D eigenvalue weighted by Crippen LogP contribution is 2.14. The Morgan fingerprint density at radius 1 is 1.25 bits per heavy atom. The van der Waals surface area contributed by atoms with Gasteiger partial charge in [-0.15, -0.1) is 0 Å². The number of rotatable bonds is 5. The summed E-state index contributed by atoms with van der Waals surface area (Å²) in [6.45, 7) is 0.439. The van der Waals surface area contributed by atoms with Crippen LogP contribution in [0.2, 0.25) is 0 Å². The van der Waals surface area contributed by atoms with Gasteiger partial charge in [-0.25, -0.2) is 4.39 Å². The fraction of sp³-hybridized carbons (Fsp3) is 0.200. The highest BCUT2D eigenvalue weighted by atomic mass is 19.1. The van der Waals surface area contributed by atoms with E-state index in [1.165, 1.54) is 13.1 Å². The van der Waals surface area contributed by atoms with Crippen molar-refractivity contribution < 1.29 is 13.9 Å². The van der Waals surface area contributed by atoms with Gasteiger partial charge in [-0.05, 0) is 11.6 Å². The molecule has 0 unspecified atom stereocenters. The maximum Gasteiger partial charge on any atom is 0.255 e. The van der Waals surface area contributed by atoms with Crippen LogP contribution in [0, 0.1) is 10.7 Å². The molecule has 0 heterocycles. The lowest BCUT2D eigenvalue weighted by Gasteiger charge is -2.07. The summed E-state index contributed by atoms with van der Waals surface area (Å²) in [5, 5.41) is 0. The largest absolute Gasteiger partial charge is 0.493 e. The molecule has 0 N–H and O–H groups in total. The van der Waals surface area contributed by atoms with Gasteiger partial charge in [0.05, 0.1) is 6.61 Å². The van der Waals surface area contributed by atoms with E-state index in [0.717, 1.165) is 10.3 Å². The molecule has 0 aliphatic heterocycles. The third-order valence-corrected chi connectivity index (χ3v) is 3.08. The second-order valence-electron chi connectivity index (χ2n) is 4.68. The topological polar surface area (TPSA) is 29.3 Å². The first kappa shape index (κ1) is 14.2. The summed E-state index contributed by atoms with van der Waals surface area (Å²) in [6, 6.07) is 12.2. The van der Waals surface area contributed by atoms with Gasteiger partial charge in [-0.1, -0.05) is 23.7 Å². The molecule has 2 aromatic carbocycles. The molecule has 0 aliphatic carbocycles. The van der Waals surface area contributed by atoms with Gasteiger partial charge in [0.2, 0.25) is 0 Å². The first-order valence-corrected chi connectivity index (χ1v) is 6.45. The second-order valence-corrected chi connectivity index (χ2v) is 4.68. The molecule has 0 radical (unpaired) electrons. The highest BCUT2D eigenvalue weighted by molar-refractivity contribution is 6.32. The van der Waals surface area contributed by atoms with Crippen LogP contribution in [0.25, 0.3) is 0 Å². The van der Waals surface area contributed by atoms with Crippen molar-refractivity contribution in [3.05, 3.63) is 58.8 Å². The summed E-state index contributed by atoms with van der Waals surface area (Å²) in [5.41, 5.74) is 2.23. The standard InChI is InChI=1S/C15H16BFNO2/c1-18(19)12-4-2-3-11(9-12)7-8-20-13-5-6-14(16)15(17)10-13/h2-6,9-10H,7-8,16H2,1H3/q+1. The monoisotopic (exact) mass is 272 g/mol. The number of nitrogens with zero attached hydrogens (tertiary/aromatic N) is 1. The third kappa shape index (κ3) is 3.67. The molecule has 3 nitrogen and oxygen atoms in total. The summed E-state index contributed by atoms with van der Waals surface area (Å²) < 4.78 is 19.7. The summed E-state index contributed by atoms with van der Waals surface area (Å²) >= 11 is 0. The number of hydrogen-bond donors (Lipinski definition) is 0. The molecule has 0 saturated heterocycles. The molecule has 2 aromatic rings. The van der Waals surface area contributed by atoms with Crippen LogP contribution in [-0.4, -0.2) is 26.3 Å². The molecule has 2 rings (SSSR count). The molecule has 20 heavy (non-hydrogen) atoms. The first-order chi connectivity index (χ1) is 9.56. The van der Waals surface area contributed by atoms with Crippen LogP contribution in [-0.2, 0) is 6.42 Å². The van der Waals surface area contributed by atoms with E-state index in [9.17, 15) is 9.30 Å². The second kappa shape index (κ2) is 6.32. The van der Waals surface area contributed by atoms with Gasteiger partial charge in [-0.3, -0.25) is 0 Å². The predicted molar refractivity (Wildman–Crippen MR) is 79.4 cm³/mol. The minimum Gasteiger partial charge on any atom is -0.493 e. The Kier molecular flexibility index (Phi) is 4.51. The summed E-state index contributed by atoms with van der Waals surface area (Å²) in [6.07, 6.45) is 0.664. The summed E-state index contributed by atoms with van der Waals surface area (Å²) in [7, 11) is 3.18. The Hall–Kier alpha value is -2.17. The predicted octanol–water partition coefficient (Wildman–Crippen LogP) is 1.75. The molecule has 0 bridgehead atoms. The van der Waals surface area contributed by atoms with Gasteiger partial charge in [0.1, 0.15) is 19.4 Å². The smallest absolute Gasteiger partial charge is 0.255 e. The molecule has 0 atom stereocenters. The van der Waals surface area contributed by atoms with Gasteiger partial charge in [0.15, 0.2) is 7.05 Å². The van der Waals surface area contributed by atoms with Crippen molar-refractivity contribution in [2.75, 3.05) is 13.7 Å². The molecule has 0 amide bonds.